The van der Waals surface area contributed by atoms with Gasteiger partial charge in [-0.25, -0.2) is 0 Å². The molecule has 0 saturated carbocycles. The Hall–Kier alpha value is -1.77. The van der Waals surface area contributed by atoms with Crippen molar-refractivity contribution in [2.24, 2.45) is 0 Å². The summed E-state index contributed by atoms with van der Waals surface area (Å²) in [5, 5.41) is 6.25. The number of nitrogens with one attached hydrogen (secondary N) is 2. The van der Waals surface area contributed by atoms with Gasteiger partial charge in [-0.1, -0.05) is 26.3 Å². The van der Waals surface area contributed by atoms with Crippen LogP contribution in [0.5, 0.6) is 0 Å². The zero-order valence-electron chi connectivity index (χ0n) is 11.9. The number of anilines is 1. The molecule has 1 amide bonds. The van der Waals surface area contributed by atoms with Crippen LogP contribution < -0.4 is 10.6 Å². The van der Waals surface area contributed by atoms with Gasteiger partial charge in [0, 0.05) is 23.8 Å². The highest BCUT2D eigenvalue weighted by Crippen LogP contribution is 2.14. The first kappa shape index (κ1) is 15.3. The lowest BCUT2D eigenvalue weighted by Crippen LogP contribution is -2.23. The van der Waals surface area contributed by atoms with Crippen molar-refractivity contribution in [2.75, 3.05) is 11.9 Å². The van der Waals surface area contributed by atoms with Gasteiger partial charge in [-0.2, -0.15) is 0 Å². The van der Waals surface area contributed by atoms with Gasteiger partial charge in [0.05, 0.1) is 0 Å². The van der Waals surface area contributed by atoms with E-state index in [0.29, 0.717) is 18.2 Å². The van der Waals surface area contributed by atoms with Gasteiger partial charge in [-0.3, -0.25) is 4.79 Å². The summed E-state index contributed by atoms with van der Waals surface area (Å²) in [7, 11) is 0. The molecule has 0 spiro atoms. The molecule has 2 N–H and O–H groups in total. The van der Waals surface area contributed by atoms with Gasteiger partial charge >= 0.3 is 0 Å². The van der Waals surface area contributed by atoms with Gasteiger partial charge in [-0.05, 0) is 37.1 Å². The van der Waals surface area contributed by atoms with Gasteiger partial charge in [-0.15, -0.1) is 6.58 Å². The molecule has 104 valence electrons. The van der Waals surface area contributed by atoms with Crippen molar-refractivity contribution in [3.63, 3.8) is 0 Å². The molecule has 0 bridgehead atoms. The Morgan fingerprint density at radius 1 is 1.32 bits per heavy atom. The van der Waals surface area contributed by atoms with Crippen LogP contribution in [0.1, 0.15) is 43.5 Å². The SMILES string of the molecule is C=CCNC(=O)c1ccc(NC(CC)CCC)cc1. The second-order valence-corrected chi connectivity index (χ2v) is 4.61. The van der Waals surface area contributed by atoms with E-state index >= 15 is 0 Å². The van der Waals surface area contributed by atoms with E-state index in [1.165, 1.54) is 6.42 Å². The van der Waals surface area contributed by atoms with E-state index < -0.39 is 0 Å². The molecular formula is C16H24N2O. The van der Waals surface area contributed by atoms with Crippen LogP contribution in [-0.4, -0.2) is 18.5 Å². The quantitative estimate of drug-likeness (QED) is 0.701. The molecule has 0 aliphatic carbocycles. The van der Waals surface area contributed by atoms with Gasteiger partial charge in [0.15, 0.2) is 0 Å². The summed E-state index contributed by atoms with van der Waals surface area (Å²) in [6.45, 7) is 8.45. The molecule has 0 heterocycles. The molecule has 1 atom stereocenters. The molecule has 0 aliphatic rings. The van der Waals surface area contributed by atoms with Crippen LogP contribution in [0.4, 0.5) is 5.69 Å². The normalized spacial score (nSPS) is 11.7. The molecular weight excluding hydrogens is 236 g/mol. The molecule has 0 radical (unpaired) electrons. The summed E-state index contributed by atoms with van der Waals surface area (Å²) in [5.41, 5.74) is 1.75. The summed E-state index contributed by atoms with van der Waals surface area (Å²) in [6, 6.07) is 8.12. The first-order valence-corrected chi connectivity index (χ1v) is 6.96. The van der Waals surface area contributed by atoms with E-state index in [9.17, 15) is 4.79 Å². The lowest BCUT2D eigenvalue weighted by molar-refractivity contribution is 0.0958. The van der Waals surface area contributed by atoms with Gasteiger partial charge in [0.2, 0.25) is 0 Å². The Morgan fingerprint density at radius 2 is 2.00 bits per heavy atom. The molecule has 1 aromatic carbocycles. The molecule has 19 heavy (non-hydrogen) atoms. The minimum absolute atomic E-state index is 0.0629. The van der Waals surface area contributed by atoms with Crippen LogP contribution in [0.15, 0.2) is 36.9 Å². The Labute approximate surface area is 116 Å². The summed E-state index contributed by atoms with van der Waals surface area (Å²) in [4.78, 5) is 11.7. The van der Waals surface area contributed by atoms with Crippen LogP contribution in [0.2, 0.25) is 0 Å². The van der Waals surface area contributed by atoms with Crippen molar-refractivity contribution in [1.29, 1.82) is 0 Å². The van der Waals surface area contributed by atoms with Crippen LogP contribution in [-0.2, 0) is 0 Å². The summed E-state index contributed by atoms with van der Waals surface area (Å²) in [6.07, 6.45) is 5.12. The smallest absolute Gasteiger partial charge is 0.251 e. The first-order chi connectivity index (χ1) is 9.21. The standard InChI is InChI=1S/C16H24N2O/c1-4-7-14(6-3)18-15-10-8-13(9-11-15)16(19)17-12-5-2/h5,8-11,14,18H,2,4,6-7,12H2,1,3H3,(H,17,19). The second-order valence-electron chi connectivity index (χ2n) is 4.61. The highest BCUT2D eigenvalue weighted by atomic mass is 16.1. The predicted octanol–water partition coefficient (Wildman–Crippen LogP) is 3.59. The van der Waals surface area contributed by atoms with Crippen LogP contribution in [0.25, 0.3) is 0 Å². The topological polar surface area (TPSA) is 41.1 Å². The fourth-order valence-electron chi connectivity index (χ4n) is 1.95. The van der Waals surface area contributed by atoms with Gasteiger partial charge in [0.1, 0.15) is 0 Å². The Morgan fingerprint density at radius 3 is 2.53 bits per heavy atom. The average molecular weight is 260 g/mol. The first-order valence-electron chi connectivity index (χ1n) is 6.96. The van der Waals surface area contributed by atoms with E-state index in [-0.39, 0.29) is 5.91 Å². The minimum Gasteiger partial charge on any atom is -0.382 e. The number of carbonyl (C=O) groups excluding carboxylic acids is 1. The summed E-state index contributed by atoms with van der Waals surface area (Å²) >= 11 is 0. The number of hydrogen-bond donors (Lipinski definition) is 2. The van der Waals surface area contributed by atoms with E-state index in [2.05, 4.69) is 31.1 Å². The molecule has 3 heteroatoms. The number of carbonyl (C=O) groups is 1. The molecule has 0 saturated heterocycles. The Kier molecular flexibility index (Phi) is 6.72. The maximum Gasteiger partial charge on any atom is 0.251 e. The van der Waals surface area contributed by atoms with E-state index in [1.54, 1.807) is 6.08 Å². The van der Waals surface area contributed by atoms with Crippen molar-refractivity contribution >= 4 is 11.6 Å². The van der Waals surface area contributed by atoms with Crippen molar-refractivity contribution in [2.45, 2.75) is 39.2 Å². The largest absolute Gasteiger partial charge is 0.382 e. The lowest BCUT2D eigenvalue weighted by Gasteiger charge is -2.17. The molecule has 3 nitrogen and oxygen atoms in total. The van der Waals surface area contributed by atoms with E-state index in [1.807, 2.05) is 24.3 Å². The number of amides is 1. The average Bonchev–Trinajstić information content (AvgIpc) is 2.45. The van der Waals surface area contributed by atoms with E-state index in [4.69, 9.17) is 0 Å². The molecule has 0 aliphatic heterocycles. The van der Waals surface area contributed by atoms with Crippen molar-refractivity contribution in [1.82, 2.24) is 5.32 Å². The van der Waals surface area contributed by atoms with Crippen LogP contribution in [0, 0.1) is 0 Å². The Balaban J connectivity index is 2.60. The maximum absolute atomic E-state index is 11.7. The summed E-state index contributed by atoms with van der Waals surface area (Å²) in [5.74, 6) is -0.0629. The fraction of sp³-hybridized carbons (Fsp3) is 0.438. The monoisotopic (exact) mass is 260 g/mol. The molecule has 0 fully saturated rings. The second kappa shape index (κ2) is 8.35. The minimum atomic E-state index is -0.0629. The van der Waals surface area contributed by atoms with Crippen molar-refractivity contribution in [3.05, 3.63) is 42.5 Å². The molecule has 1 unspecified atom stereocenters. The number of rotatable bonds is 8. The molecule has 0 aromatic heterocycles. The fourth-order valence-corrected chi connectivity index (χ4v) is 1.95. The van der Waals surface area contributed by atoms with Crippen molar-refractivity contribution in [3.8, 4) is 0 Å². The predicted molar refractivity (Wildman–Crippen MR) is 81.6 cm³/mol. The Bertz CT molecular complexity index is 398. The van der Waals surface area contributed by atoms with Gasteiger partial charge < -0.3 is 10.6 Å². The third-order valence-corrected chi connectivity index (χ3v) is 3.05. The third-order valence-electron chi connectivity index (χ3n) is 3.05. The zero-order valence-corrected chi connectivity index (χ0v) is 11.9. The molecule has 1 rings (SSSR count). The maximum atomic E-state index is 11.7. The number of benzene rings is 1. The lowest BCUT2D eigenvalue weighted by atomic mass is 10.1. The summed E-state index contributed by atoms with van der Waals surface area (Å²) < 4.78 is 0. The van der Waals surface area contributed by atoms with Crippen LogP contribution >= 0.6 is 0 Å². The van der Waals surface area contributed by atoms with Gasteiger partial charge in [0.25, 0.3) is 5.91 Å². The highest BCUT2D eigenvalue weighted by molar-refractivity contribution is 5.94. The highest BCUT2D eigenvalue weighted by Gasteiger charge is 2.06. The molecule has 1 aromatic rings. The van der Waals surface area contributed by atoms with Crippen LogP contribution in [0.3, 0.4) is 0 Å². The third kappa shape index (κ3) is 5.16. The number of hydrogen-bond acceptors (Lipinski definition) is 2. The zero-order chi connectivity index (χ0) is 14.1. The van der Waals surface area contributed by atoms with E-state index in [0.717, 1.165) is 18.5 Å². The van der Waals surface area contributed by atoms with Crippen molar-refractivity contribution < 1.29 is 4.79 Å².